The van der Waals surface area contributed by atoms with Gasteiger partial charge >= 0.3 is 0 Å². The standard InChI is InChI=1S/C12H14N2O2S/c1-3-7-14(17(2,15)16)10-12-6-4-5-11(8-12)9-13/h3-6,8H,1,7,10H2,2H3. The lowest BCUT2D eigenvalue weighted by molar-refractivity contribution is 0.443. The van der Waals surface area contributed by atoms with Crippen molar-refractivity contribution < 1.29 is 8.42 Å². The van der Waals surface area contributed by atoms with Gasteiger partial charge in [0.2, 0.25) is 10.0 Å². The Labute approximate surface area is 102 Å². The molecule has 1 aromatic rings. The fraction of sp³-hybridized carbons (Fsp3) is 0.250. The van der Waals surface area contributed by atoms with Crippen LogP contribution < -0.4 is 0 Å². The molecule has 1 rings (SSSR count). The van der Waals surface area contributed by atoms with Crippen LogP contribution in [0.3, 0.4) is 0 Å². The van der Waals surface area contributed by atoms with Crippen LogP contribution in [0.5, 0.6) is 0 Å². The fourth-order valence-corrected chi connectivity index (χ4v) is 2.16. The van der Waals surface area contributed by atoms with Gasteiger partial charge in [0, 0.05) is 13.1 Å². The Morgan fingerprint density at radius 1 is 1.53 bits per heavy atom. The number of hydrogen-bond acceptors (Lipinski definition) is 3. The van der Waals surface area contributed by atoms with E-state index in [1.165, 1.54) is 10.4 Å². The molecule has 0 aromatic heterocycles. The highest BCUT2D eigenvalue weighted by atomic mass is 32.2. The van der Waals surface area contributed by atoms with Crippen molar-refractivity contribution in [2.75, 3.05) is 12.8 Å². The van der Waals surface area contributed by atoms with Crippen LogP contribution in [0.25, 0.3) is 0 Å². The normalized spacial score (nSPS) is 11.1. The second kappa shape index (κ2) is 5.62. The third-order valence-corrected chi connectivity index (χ3v) is 3.43. The minimum absolute atomic E-state index is 0.250. The molecule has 0 N–H and O–H groups in total. The average Bonchev–Trinajstić information content (AvgIpc) is 2.27. The first-order chi connectivity index (χ1) is 7.97. The molecule has 0 heterocycles. The Bertz CT molecular complexity index is 544. The molecular weight excluding hydrogens is 236 g/mol. The topological polar surface area (TPSA) is 61.2 Å². The zero-order valence-corrected chi connectivity index (χ0v) is 10.4. The average molecular weight is 250 g/mol. The van der Waals surface area contributed by atoms with Crippen LogP contribution in [0, 0.1) is 11.3 Å². The van der Waals surface area contributed by atoms with Crippen molar-refractivity contribution in [3.63, 3.8) is 0 Å². The van der Waals surface area contributed by atoms with E-state index in [1.807, 2.05) is 6.07 Å². The summed E-state index contributed by atoms with van der Waals surface area (Å²) in [6.45, 7) is 4.04. The lowest BCUT2D eigenvalue weighted by Crippen LogP contribution is -2.29. The van der Waals surface area contributed by atoms with E-state index in [9.17, 15) is 8.42 Å². The van der Waals surface area contributed by atoms with E-state index in [-0.39, 0.29) is 13.1 Å². The maximum Gasteiger partial charge on any atom is 0.211 e. The molecule has 0 saturated heterocycles. The summed E-state index contributed by atoms with van der Waals surface area (Å²) in [5.74, 6) is 0. The molecule has 0 spiro atoms. The minimum Gasteiger partial charge on any atom is -0.212 e. The Morgan fingerprint density at radius 3 is 2.76 bits per heavy atom. The highest BCUT2D eigenvalue weighted by molar-refractivity contribution is 7.88. The Hall–Kier alpha value is -1.64. The van der Waals surface area contributed by atoms with Crippen molar-refractivity contribution in [3.8, 4) is 6.07 Å². The summed E-state index contributed by atoms with van der Waals surface area (Å²) < 4.78 is 24.3. The molecule has 5 heteroatoms. The van der Waals surface area contributed by atoms with Gasteiger partial charge in [-0.3, -0.25) is 0 Å². The largest absolute Gasteiger partial charge is 0.212 e. The quantitative estimate of drug-likeness (QED) is 0.744. The summed E-state index contributed by atoms with van der Waals surface area (Å²) in [4.78, 5) is 0. The monoisotopic (exact) mass is 250 g/mol. The van der Waals surface area contributed by atoms with Crippen LogP contribution >= 0.6 is 0 Å². The van der Waals surface area contributed by atoms with Gasteiger partial charge in [-0.15, -0.1) is 6.58 Å². The van der Waals surface area contributed by atoms with E-state index < -0.39 is 10.0 Å². The number of nitriles is 1. The predicted octanol–water partition coefficient (Wildman–Crippen LogP) is 1.51. The molecule has 0 atom stereocenters. The van der Waals surface area contributed by atoms with Crippen LogP contribution in [0.1, 0.15) is 11.1 Å². The first kappa shape index (κ1) is 13.4. The molecular formula is C12H14N2O2S. The van der Waals surface area contributed by atoms with E-state index in [1.54, 1.807) is 24.3 Å². The van der Waals surface area contributed by atoms with Crippen molar-refractivity contribution in [1.82, 2.24) is 4.31 Å². The predicted molar refractivity (Wildman–Crippen MR) is 66.6 cm³/mol. The Kier molecular flexibility index (Phi) is 4.44. The van der Waals surface area contributed by atoms with E-state index in [0.717, 1.165) is 11.8 Å². The summed E-state index contributed by atoms with van der Waals surface area (Å²) in [5, 5.41) is 8.76. The third-order valence-electron chi connectivity index (χ3n) is 2.22. The fourth-order valence-electron chi connectivity index (χ4n) is 1.40. The molecule has 0 bridgehead atoms. The van der Waals surface area contributed by atoms with Crippen molar-refractivity contribution >= 4 is 10.0 Å². The third kappa shape index (κ3) is 4.02. The number of benzene rings is 1. The molecule has 17 heavy (non-hydrogen) atoms. The first-order valence-corrected chi connectivity index (χ1v) is 6.87. The van der Waals surface area contributed by atoms with Gasteiger partial charge in [-0.05, 0) is 17.7 Å². The van der Waals surface area contributed by atoms with Crippen molar-refractivity contribution in [2.45, 2.75) is 6.54 Å². The van der Waals surface area contributed by atoms with Crippen LogP contribution in [-0.2, 0) is 16.6 Å². The summed E-state index contributed by atoms with van der Waals surface area (Å²) in [6, 6.07) is 8.92. The van der Waals surface area contributed by atoms with Crippen molar-refractivity contribution in [1.29, 1.82) is 5.26 Å². The summed E-state index contributed by atoms with van der Waals surface area (Å²) in [5.41, 5.74) is 1.31. The van der Waals surface area contributed by atoms with E-state index in [2.05, 4.69) is 6.58 Å². The van der Waals surface area contributed by atoms with Gasteiger partial charge in [-0.1, -0.05) is 18.2 Å². The molecule has 0 aliphatic carbocycles. The van der Waals surface area contributed by atoms with E-state index >= 15 is 0 Å². The zero-order chi connectivity index (χ0) is 12.9. The summed E-state index contributed by atoms with van der Waals surface area (Å²) >= 11 is 0. The molecule has 0 aliphatic heterocycles. The smallest absolute Gasteiger partial charge is 0.211 e. The van der Waals surface area contributed by atoms with Gasteiger partial charge in [0.05, 0.1) is 17.9 Å². The molecule has 0 unspecified atom stereocenters. The maximum absolute atomic E-state index is 11.5. The molecule has 4 nitrogen and oxygen atoms in total. The molecule has 1 aromatic carbocycles. The highest BCUT2D eigenvalue weighted by Gasteiger charge is 2.15. The van der Waals surface area contributed by atoms with Gasteiger partial charge in [-0.25, -0.2) is 8.42 Å². The highest BCUT2D eigenvalue weighted by Crippen LogP contribution is 2.10. The summed E-state index contributed by atoms with van der Waals surface area (Å²) in [6.07, 6.45) is 2.69. The van der Waals surface area contributed by atoms with E-state index in [4.69, 9.17) is 5.26 Å². The molecule has 0 aliphatic rings. The minimum atomic E-state index is -3.27. The molecule has 0 fully saturated rings. The second-order valence-electron chi connectivity index (χ2n) is 3.66. The van der Waals surface area contributed by atoms with Gasteiger partial charge in [-0.2, -0.15) is 9.57 Å². The van der Waals surface area contributed by atoms with Crippen LogP contribution in [0.15, 0.2) is 36.9 Å². The van der Waals surface area contributed by atoms with Crippen LogP contribution in [0.4, 0.5) is 0 Å². The van der Waals surface area contributed by atoms with Gasteiger partial charge in [0.25, 0.3) is 0 Å². The first-order valence-electron chi connectivity index (χ1n) is 5.02. The van der Waals surface area contributed by atoms with Crippen LogP contribution in [-0.4, -0.2) is 25.5 Å². The number of sulfonamides is 1. The SMILES string of the molecule is C=CCN(Cc1cccc(C#N)c1)S(C)(=O)=O. The van der Waals surface area contributed by atoms with Gasteiger partial charge in [0.15, 0.2) is 0 Å². The van der Waals surface area contributed by atoms with Crippen LogP contribution in [0.2, 0.25) is 0 Å². The Balaban J connectivity index is 2.94. The van der Waals surface area contributed by atoms with Gasteiger partial charge in [0.1, 0.15) is 0 Å². The molecule has 90 valence electrons. The Morgan fingerprint density at radius 2 is 2.24 bits per heavy atom. The summed E-state index contributed by atoms with van der Waals surface area (Å²) in [7, 11) is -3.27. The lowest BCUT2D eigenvalue weighted by atomic mass is 10.1. The second-order valence-corrected chi connectivity index (χ2v) is 5.64. The molecule has 0 saturated carbocycles. The maximum atomic E-state index is 11.5. The number of rotatable bonds is 5. The molecule has 0 amide bonds. The molecule has 0 radical (unpaired) electrons. The van der Waals surface area contributed by atoms with Crippen molar-refractivity contribution in [2.24, 2.45) is 0 Å². The lowest BCUT2D eigenvalue weighted by Gasteiger charge is -2.18. The number of hydrogen-bond donors (Lipinski definition) is 0. The zero-order valence-electron chi connectivity index (χ0n) is 9.63. The van der Waals surface area contributed by atoms with E-state index in [0.29, 0.717) is 5.56 Å². The number of nitrogens with zero attached hydrogens (tertiary/aromatic N) is 2. The van der Waals surface area contributed by atoms with Crippen molar-refractivity contribution in [3.05, 3.63) is 48.0 Å². The van der Waals surface area contributed by atoms with Gasteiger partial charge < -0.3 is 0 Å².